The highest BCUT2D eigenvalue weighted by Gasteiger charge is 2.18. The van der Waals surface area contributed by atoms with E-state index in [-0.39, 0.29) is 5.78 Å². The van der Waals surface area contributed by atoms with E-state index in [1.807, 2.05) is 19.1 Å². The van der Waals surface area contributed by atoms with Gasteiger partial charge >= 0.3 is 0 Å². The van der Waals surface area contributed by atoms with Crippen molar-refractivity contribution in [1.82, 2.24) is 0 Å². The van der Waals surface area contributed by atoms with E-state index in [0.29, 0.717) is 19.8 Å². The molecule has 2 rings (SSSR count). The average Bonchev–Trinajstić information content (AvgIpc) is 2.61. The standard InChI is InChI=1S/C12H7BrCl2OS/c1-6-7(3-2-4-9(6)13)11(16)8-5-10(14)17-12(8)15/h2-5H,1H3. The Bertz CT molecular complexity index is 592. The zero-order chi connectivity index (χ0) is 12.6. The van der Waals surface area contributed by atoms with Gasteiger partial charge in [-0.1, -0.05) is 51.3 Å². The summed E-state index contributed by atoms with van der Waals surface area (Å²) in [5, 5.41) is 0. The number of ketones is 1. The van der Waals surface area contributed by atoms with Gasteiger partial charge in [-0.3, -0.25) is 4.79 Å². The molecular formula is C12H7BrCl2OS. The molecule has 0 aliphatic heterocycles. The van der Waals surface area contributed by atoms with Gasteiger partial charge in [0.25, 0.3) is 0 Å². The second kappa shape index (κ2) is 5.11. The van der Waals surface area contributed by atoms with Gasteiger partial charge in [0.05, 0.1) is 9.90 Å². The first-order valence-electron chi connectivity index (χ1n) is 4.75. The number of rotatable bonds is 2. The zero-order valence-electron chi connectivity index (χ0n) is 8.76. The highest BCUT2D eigenvalue weighted by Crippen LogP contribution is 2.33. The average molecular weight is 350 g/mol. The molecule has 1 aromatic heterocycles. The van der Waals surface area contributed by atoms with Crippen LogP contribution in [0.25, 0.3) is 0 Å². The van der Waals surface area contributed by atoms with E-state index in [1.54, 1.807) is 12.1 Å². The van der Waals surface area contributed by atoms with Crippen LogP contribution in [0.15, 0.2) is 28.7 Å². The largest absolute Gasteiger partial charge is 0.289 e. The van der Waals surface area contributed by atoms with Gasteiger partial charge in [-0.25, -0.2) is 0 Å². The number of thiophene rings is 1. The summed E-state index contributed by atoms with van der Waals surface area (Å²) >= 11 is 16.4. The maximum atomic E-state index is 12.3. The van der Waals surface area contributed by atoms with E-state index in [9.17, 15) is 4.79 Å². The van der Waals surface area contributed by atoms with Crippen molar-refractivity contribution in [2.24, 2.45) is 0 Å². The summed E-state index contributed by atoms with van der Waals surface area (Å²) in [7, 11) is 0. The number of benzene rings is 1. The van der Waals surface area contributed by atoms with Crippen LogP contribution in [-0.2, 0) is 0 Å². The van der Waals surface area contributed by atoms with Crippen molar-refractivity contribution in [2.45, 2.75) is 6.92 Å². The molecular weight excluding hydrogens is 343 g/mol. The van der Waals surface area contributed by atoms with E-state index in [0.717, 1.165) is 10.0 Å². The van der Waals surface area contributed by atoms with Crippen LogP contribution in [0.2, 0.25) is 8.67 Å². The molecule has 17 heavy (non-hydrogen) atoms. The van der Waals surface area contributed by atoms with Gasteiger partial charge in [0, 0.05) is 10.0 Å². The second-order valence-corrected chi connectivity index (χ2v) is 6.62. The van der Waals surface area contributed by atoms with Crippen LogP contribution >= 0.6 is 50.5 Å². The first kappa shape index (κ1) is 13.1. The fourth-order valence-corrected chi connectivity index (χ4v) is 3.32. The SMILES string of the molecule is Cc1c(Br)cccc1C(=O)c1cc(Cl)sc1Cl. The second-order valence-electron chi connectivity index (χ2n) is 3.48. The smallest absolute Gasteiger partial charge is 0.195 e. The van der Waals surface area contributed by atoms with Crippen LogP contribution in [0.1, 0.15) is 21.5 Å². The quantitative estimate of drug-likeness (QED) is 0.667. The number of hydrogen-bond acceptors (Lipinski definition) is 2. The molecule has 0 atom stereocenters. The summed E-state index contributed by atoms with van der Waals surface area (Å²) in [6.45, 7) is 1.89. The summed E-state index contributed by atoms with van der Waals surface area (Å²) in [6, 6.07) is 7.11. The van der Waals surface area contributed by atoms with Crippen molar-refractivity contribution < 1.29 is 4.79 Å². The molecule has 0 unspecified atom stereocenters. The van der Waals surface area contributed by atoms with Crippen LogP contribution in [0, 0.1) is 6.92 Å². The van der Waals surface area contributed by atoms with Gasteiger partial charge in [-0.15, -0.1) is 11.3 Å². The molecule has 0 radical (unpaired) electrons. The Hall–Kier alpha value is -0.350. The molecule has 0 aliphatic carbocycles. The van der Waals surface area contributed by atoms with Crippen LogP contribution < -0.4 is 0 Å². The van der Waals surface area contributed by atoms with Gasteiger partial charge in [0.2, 0.25) is 0 Å². The Labute approximate surface area is 121 Å². The Morgan fingerprint density at radius 1 is 1.29 bits per heavy atom. The predicted molar refractivity (Wildman–Crippen MR) is 76.7 cm³/mol. The van der Waals surface area contributed by atoms with E-state index in [1.165, 1.54) is 11.3 Å². The molecule has 0 saturated carbocycles. The molecule has 0 N–H and O–H groups in total. The molecule has 0 saturated heterocycles. The maximum Gasteiger partial charge on any atom is 0.195 e. The topological polar surface area (TPSA) is 17.1 Å². The molecule has 5 heteroatoms. The Kier molecular flexibility index (Phi) is 3.93. The van der Waals surface area contributed by atoms with E-state index >= 15 is 0 Å². The van der Waals surface area contributed by atoms with Crippen molar-refractivity contribution >= 4 is 56.3 Å². The molecule has 0 fully saturated rings. The Balaban J connectivity index is 2.51. The van der Waals surface area contributed by atoms with Crippen LogP contribution in [0.5, 0.6) is 0 Å². The molecule has 88 valence electrons. The van der Waals surface area contributed by atoms with Crippen molar-refractivity contribution in [1.29, 1.82) is 0 Å². The number of carbonyl (C=O) groups excluding carboxylic acids is 1. The minimum absolute atomic E-state index is 0.100. The Morgan fingerprint density at radius 2 is 2.00 bits per heavy atom. The molecule has 0 bridgehead atoms. The van der Waals surface area contributed by atoms with Crippen molar-refractivity contribution in [2.75, 3.05) is 0 Å². The monoisotopic (exact) mass is 348 g/mol. The lowest BCUT2D eigenvalue weighted by molar-refractivity contribution is 0.103. The molecule has 2 aromatic rings. The molecule has 1 heterocycles. The summed E-state index contributed by atoms with van der Waals surface area (Å²) in [6.07, 6.45) is 0. The molecule has 1 nitrogen and oxygen atoms in total. The third kappa shape index (κ3) is 2.58. The van der Waals surface area contributed by atoms with Crippen LogP contribution in [0.4, 0.5) is 0 Å². The molecule has 0 spiro atoms. The lowest BCUT2D eigenvalue weighted by Gasteiger charge is -2.05. The first-order valence-corrected chi connectivity index (χ1v) is 7.12. The van der Waals surface area contributed by atoms with Crippen LogP contribution in [-0.4, -0.2) is 5.78 Å². The normalized spacial score (nSPS) is 10.6. The minimum atomic E-state index is -0.100. The van der Waals surface area contributed by atoms with Gasteiger partial charge in [0.1, 0.15) is 4.34 Å². The number of hydrogen-bond donors (Lipinski definition) is 0. The van der Waals surface area contributed by atoms with E-state index in [2.05, 4.69) is 15.9 Å². The lowest BCUT2D eigenvalue weighted by Crippen LogP contribution is -2.03. The van der Waals surface area contributed by atoms with Gasteiger partial charge in [0.15, 0.2) is 5.78 Å². The highest BCUT2D eigenvalue weighted by molar-refractivity contribution is 9.10. The van der Waals surface area contributed by atoms with E-state index < -0.39 is 0 Å². The van der Waals surface area contributed by atoms with Gasteiger partial charge < -0.3 is 0 Å². The first-order chi connectivity index (χ1) is 8.00. The van der Waals surface area contributed by atoms with Gasteiger partial charge in [-0.05, 0) is 24.6 Å². The predicted octanol–water partition coefficient (Wildman–Crippen LogP) is 5.36. The van der Waals surface area contributed by atoms with Crippen molar-refractivity contribution in [3.63, 3.8) is 0 Å². The third-order valence-corrected chi connectivity index (χ3v) is 4.76. The Morgan fingerprint density at radius 3 is 2.59 bits per heavy atom. The fraction of sp³-hybridized carbons (Fsp3) is 0.0833. The molecule has 0 aliphatic rings. The summed E-state index contributed by atoms with van der Waals surface area (Å²) < 4.78 is 1.85. The zero-order valence-corrected chi connectivity index (χ0v) is 12.7. The lowest BCUT2D eigenvalue weighted by atomic mass is 10.0. The van der Waals surface area contributed by atoms with E-state index in [4.69, 9.17) is 23.2 Å². The minimum Gasteiger partial charge on any atom is -0.289 e. The van der Waals surface area contributed by atoms with Crippen molar-refractivity contribution in [3.05, 3.63) is 54.1 Å². The summed E-state index contributed by atoms with van der Waals surface area (Å²) in [5.41, 5.74) is 1.99. The summed E-state index contributed by atoms with van der Waals surface area (Å²) in [5.74, 6) is -0.100. The molecule has 1 aromatic carbocycles. The maximum absolute atomic E-state index is 12.3. The summed E-state index contributed by atoms with van der Waals surface area (Å²) in [4.78, 5) is 12.3. The highest BCUT2D eigenvalue weighted by atomic mass is 79.9. The fourth-order valence-electron chi connectivity index (χ4n) is 1.49. The van der Waals surface area contributed by atoms with Gasteiger partial charge in [-0.2, -0.15) is 0 Å². The van der Waals surface area contributed by atoms with Crippen LogP contribution in [0.3, 0.4) is 0 Å². The third-order valence-electron chi connectivity index (χ3n) is 2.41. The molecule has 0 amide bonds. The number of carbonyl (C=O) groups is 1. The van der Waals surface area contributed by atoms with Crippen molar-refractivity contribution in [3.8, 4) is 0 Å². The number of halogens is 3.